The molecule has 0 aromatic carbocycles. The molecule has 0 saturated carbocycles. The van der Waals surface area contributed by atoms with Crippen LogP contribution in [0.15, 0.2) is 12.2 Å². The van der Waals surface area contributed by atoms with E-state index in [1.807, 2.05) is 0 Å². The highest BCUT2D eigenvalue weighted by atomic mass is 35.5. The lowest BCUT2D eigenvalue weighted by Crippen LogP contribution is -3.00. The van der Waals surface area contributed by atoms with Crippen molar-refractivity contribution in [1.29, 1.82) is 0 Å². The number of hydrogen-bond acceptors (Lipinski definition) is 3. The van der Waals surface area contributed by atoms with Crippen molar-refractivity contribution in [3.8, 4) is 0 Å². The molecule has 0 aliphatic heterocycles. The van der Waals surface area contributed by atoms with Crippen molar-refractivity contribution in [2.75, 3.05) is 26.7 Å². The molecule has 0 atom stereocenters. The van der Waals surface area contributed by atoms with Crippen LogP contribution < -0.4 is 12.4 Å². The maximum absolute atomic E-state index is 9.25. The van der Waals surface area contributed by atoms with Crippen molar-refractivity contribution in [2.24, 2.45) is 0 Å². The average Bonchev–Trinajstić information content (AvgIpc) is 2.65. The van der Waals surface area contributed by atoms with Gasteiger partial charge in [-0.15, -0.1) is 0 Å². The van der Waals surface area contributed by atoms with Crippen molar-refractivity contribution in [3.05, 3.63) is 12.2 Å². The van der Waals surface area contributed by atoms with Crippen LogP contribution in [0.4, 0.5) is 0 Å². The molecule has 0 rings (SSSR count). The summed E-state index contributed by atoms with van der Waals surface area (Å²) in [4.78, 5) is 0. The second-order valence-corrected chi connectivity index (χ2v) is 7.43. The summed E-state index contributed by atoms with van der Waals surface area (Å²) in [6.07, 6.45) is 22.5. The molecule has 0 amide bonds. The van der Waals surface area contributed by atoms with Crippen molar-refractivity contribution in [3.63, 3.8) is 0 Å². The van der Waals surface area contributed by atoms with E-state index in [0.717, 1.165) is 12.8 Å². The Bertz CT molecular complexity index is 289. The van der Waals surface area contributed by atoms with Gasteiger partial charge < -0.3 is 27.7 Å². The van der Waals surface area contributed by atoms with E-state index >= 15 is 0 Å². The van der Waals surface area contributed by atoms with Crippen LogP contribution in [0.5, 0.6) is 0 Å². The number of nitrogens with zero attached hydrogens (tertiary/aromatic N) is 1. The number of quaternary nitrogens is 1. The lowest BCUT2D eigenvalue weighted by molar-refractivity contribution is -0.976. The van der Waals surface area contributed by atoms with E-state index in [4.69, 9.17) is 0 Å². The minimum atomic E-state index is -0.196. The second kappa shape index (κ2) is 21.2. The van der Waals surface area contributed by atoms with Gasteiger partial charge in [0.25, 0.3) is 0 Å². The topological polar surface area (TPSA) is 60.7 Å². The molecule has 0 fully saturated rings. The molecule has 0 saturated heterocycles. The van der Waals surface area contributed by atoms with Crippen LogP contribution in [0.1, 0.15) is 96.8 Å². The summed E-state index contributed by atoms with van der Waals surface area (Å²) >= 11 is 0. The third-order valence-corrected chi connectivity index (χ3v) is 5.04. The van der Waals surface area contributed by atoms with Crippen molar-refractivity contribution < 1.29 is 32.2 Å². The molecule has 0 aromatic rings. The summed E-state index contributed by atoms with van der Waals surface area (Å²) in [5.41, 5.74) is 0. The molecule has 26 heavy (non-hydrogen) atoms. The number of halogens is 1. The van der Waals surface area contributed by atoms with Gasteiger partial charge in [-0.05, 0) is 38.5 Å². The normalized spacial score (nSPS) is 11.8. The van der Waals surface area contributed by atoms with Crippen LogP contribution in [0.25, 0.3) is 0 Å². The van der Waals surface area contributed by atoms with Gasteiger partial charge in [0.1, 0.15) is 0 Å². The lowest BCUT2D eigenvalue weighted by Gasteiger charge is -2.31. The largest absolute Gasteiger partial charge is 1.00 e. The third-order valence-electron chi connectivity index (χ3n) is 5.04. The first-order valence-electron chi connectivity index (χ1n) is 10.6. The van der Waals surface area contributed by atoms with E-state index in [1.54, 1.807) is 0 Å². The fourth-order valence-corrected chi connectivity index (χ4v) is 3.04. The zero-order chi connectivity index (χ0) is 18.6. The number of aliphatic hydroxyl groups excluding tert-OH is 3. The Morgan fingerprint density at radius 3 is 1.38 bits per heavy atom. The number of unbranched alkanes of at least 4 members (excludes halogenated alkanes) is 12. The molecular formula is C21H44ClNO3. The first-order valence-corrected chi connectivity index (χ1v) is 10.6. The molecule has 0 spiro atoms. The van der Waals surface area contributed by atoms with Crippen LogP contribution in [0.3, 0.4) is 0 Å². The number of rotatable bonds is 19. The van der Waals surface area contributed by atoms with Gasteiger partial charge >= 0.3 is 0 Å². The minimum Gasteiger partial charge on any atom is -1.00 e. The van der Waals surface area contributed by atoms with Crippen LogP contribution in [-0.4, -0.2) is 46.5 Å². The first kappa shape index (κ1) is 28.1. The third kappa shape index (κ3) is 16.1. The standard InChI is InChI=1S/C21H44NO3.ClH/c1-2-3-4-5-6-7-8-9-10-11-12-13-14-15-16-17-18-22(19-23,20-24)21-25;/h9-10,23-25H,2-8,11-21H2,1H3;1H/q+1;/p-1/b10-9-;. The average molecular weight is 394 g/mol. The maximum atomic E-state index is 9.25. The number of allylic oxidation sites excluding steroid dienone is 2. The zero-order valence-corrected chi connectivity index (χ0v) is 17.8. The Kier molecular flexibility index (Phi) is 22.9. The molecule has 0 bridgehead atoms. The summed E-state index contributed by atoms with van der Waals surface area (Å²) < 4.78 is -0.0105. The zero-order valence-electron chi connectivity index (χ0n) is 17.0. The number of aliphatic hydroxyl groups is 3. The summed E-state index contributed by atoms with van der Waals surface area (Å²) in [7, 11) is 0. The molecular weight excluding hydrogens is 350 g/mol. The van der Waals surface area contributed by atoms with E-state index in [1.165, 1.54) is 77.0 Å². The highest BCUT2D eigenvalue weighted by molar-refractivity contribution is 4.81. The molecule has 158 valence electrons. The minimum absolute atomic E-state index is 0. The van der Waals surface area contributed by atoms with E-state index in [2.05, 4.69) is 19.1 Å². The Hall–Kier alpha value is -0.130. The van der Waals surface area contributed by atoms with Gasteiger partial charge in [-0.2, -0.15) is 0 Å². The second-order valence-electron chi connectivity index (χ2n) is 7.43. The van der Waals surface area contributed by atoms with Gasteiger partial charge in [-0.25, -0.2) is 0 Å². The summed E-state index contributed by atoms with van der Waals surface area (Å²) in [6.45, 7) is 2.32. The molecule has 4 nitrogen and oxygen atoms in total. The quantitative estimate of drug-likeness (QED) is 0.135. The lowest BCUT2D eigenvalue weighted by atomic mass is 10.1. The van der Waals surface area contributed by atoms with E-state index < -0.39 is 0 Å². The molecule has 0 radical (unpaired) electrons. The highest BCUT2D eigenvalue weighted by Gasteiger charge is 2.23. The SMILES string of the molecule is CCCCCCCC/C=C\CCCCCCCC[N+](CO)(CO)CO.[Cl-]. The predicted octanol–water partition coefficient (Wildman–Crippen LogP) is 1.69. The van der Waals surface area contributed by atoms with Crippen LogP contribution >= 0.6 is 0 Å². The summed E-state index contributed by atoms with van der Waals surface area (Å²) in [6, 6.07) is 0. The first-order chi connectivity index (χ1) is 12.2. The summed E-state index contributed by atoms with van der Waals surface area (Å²) in [5, 5.41) is 27.7. The Labute approximate surface area is 168 Å². The smallest absolute Gasteiger partial charge is 0.183 e. The van der Waals surface area contributed by atoms with Gasteiger partial charge in [0.2, 0.25) is 0 Å². The van der Waals surface area contributed by atoms with Crippen molar-refractivity contribution >= 4 is 0 Å². The van der Waals surface area contributed by atoms with Crippen molar-refractivity contribution in [2.45, 2.75) is 96.8 Å². The Balaban J connectivity index is 0. The van der Waals surface area contributed by atoms with Crippen molar-refractivity contribution in [1.82, 2.24) is 0 Å². The summed E-state index contributed by atoms with van der Waals surface area (Å²) in [5.74, 6) is 0. The highest BCUT2D eigenvalue weighted by Crippen LogP contribution is 2.12. The fourth-order valence-electron chi connectivity index (χ4n) is 3.04. The van der Waals surface area contributed by atoms with Gasteiger partial charge in [0.05, 0.1) is 6.54 Å². The van der Waals surface area contributed by atoms with Gasteiger partial charge in [-0.3, -0.25) is 4.48 Å². The number of hydrogen-bond donors (Lipinski definition) is 3. The van der Waals surface area contributed by atoms with Gasteiger partial charge in [0, 0.05) is 0 Å². The monoisotopic (exact) mass is 393 g/mol. The van der Waals surface area contributed by atoms with Crippen LogP contribution in [0, 0.1) is 0 Å². The van der Waals surface area contributed by atoms with Gasteiger partial charge in [-0.1, -0.05) is 70.4 Å². The van der Waals surface area contributed by atoms with E-state index in [-0.39, 0.29) is 37.1 Å². The van der Waals surface area contributed by atoms with Crippen LogP contribution in [0.2, 0.25) is 0 Å². The maximum Gasteiger partial charge on any atom is 0.183 e. The molecule has 3 N–H and O–H groups in total. The Morgan fingerprint density at radius 1 is 0.577 bits per heavy atom. The van der Waals surface area contributed by atoms with E-state index in [0.29, 0.717) is 6.54 Å². The molecule has 0 unspecified atom stereocenters. The van der Waals surface area contributed by atoms with Crippen LogP contribution in [-0.2, 0) is 0 Å². The molecule has 0 heterocycles. The predicted molar refractivity (Wildman–Crippen MR) is 106 cm³/mol. The fraction of sp³-hybridized carbons (Fsp3) is 0.905. The van der Waals surface area contributed by atoms with E-state index in [9.17, 15) is 15.3 Å². The Morgan fingerprint density at radius 2 is 0.962 bits per heavy atom. The molecule has 0 aliphatic rings. The van der Waals surface area contributed by atoms with Gasteiger partial charge in [0.15, 0.2) is 20.2 Å². The molecule has 0 aromatic heterocycles. The molecule has 5 heteroatoms. The molecule has 0 aliphatic carbocycles.